The van der Waals surface area contributed by atoms with Crippen LogP contribution in [0, 0.1) is 11.6 Å². The number of rotatable bonds is 4. The van der Waals surface area contributed by atoms with Gasteiger partial charge in [-0.25, -0.2) is 13.6 Å². The summed E-state index contributed by atoms with van der Waals surface area (Å²) in [6.07, 6.45) is 1.63. The van der Waals surface area contributed by atoms with Gasteiger partial charge in [0.25, 0.3) is 0 Å². The molecule has 3 N–H and O–H groups in total. The summed E-state index contributed by atoms with van der Waals surface area (Å²) in [5, 5.41) is 15.6. The molecule has 3 aromatic carbocycles. The van der Waals surface area contributed by atoms with Gasteiger partial charge in [-0.3, -0.25) is 0 Å². The van der Waals surface area contributed by atoms with Gasteiger partial charge in [-0.2, -0.15) is 0 Å². The van der Waals surface area contributed by atoms with E-state index in [1.54, 1.807) is 24.3 Å². The van der Waals surface area contributed by atoms with Gasteiger partial charge in [0, 0.05) is 18.7 Å². The molecule has 3 aromatic rings. The van der Waals surface area contributed by atoms with E-state index < -0.39 is 17.7 Å². The lowest BCUT2D eigenvalue weighted by Gasteiger charge is -2.23. The molecule has 0 saturated heterocycles. The third-order valence-electron chi connectivity index (χ3n) is 5.34. The zero-order chi connectivity index (χ0) is 21.1. The number of benzene rings is 3. The van der Waals surface area contributed by atoms with Crippen molar-refractivity contribution in [2.24, 2.45) is 0 Å². The van der Waals surface area contributed by atoms with Gasteiger partial charge in [-0.05, 0) is 59.4 Å². The molecule has 2 amide bonds. The number of aryl methyl sites for hydroxylation is 1. The fourth-order valence-electron chi connectivity index (χ4n) is 3.85. The first-order chi connectivity index (χ1) is 14.5. The predicted molar refractivity (Wildman–Crippen MR) is 112 cm³/mol. The van der Waals surface area contributed by atoms with E-state index in [1.807, 2.05) is 18.2 Å². The minimum atomic E-state index is -0.631. The van der Waals surface area contributed by atoms with Gasteiger partial charge < -0.3 is 15.7 Å². The molecule has 0 heterocycles. The summed E-state index contributed by atoms with van der Waals surface area (Å²) in [4.78, 5) is 12.4. The van der Waals surface area contributed by atoms with Gasteiger partial charge in [0.15, 0.2) is 0 Å². The number of carbonyl (C=O) groups excluding carboxylic acids is 1. The maximum Gasteiger partial charge on any atom is 0.319 e. The number of anilines is 1. The number of nitrogens with one attached hydrogen (secondary N) is 2. The summed E-state index contributed by atoms with van der Waals surface area (Å²) >= 11 is 0. The molecule has 1 aliphatic rings. The Bertz CT molecular complexity index is 1060. The number of fused-ring (bicyclic) bond motifs is 1. The molecule has 0 fully saturated rings. The Kier molecular flexibility index (Phi) is 5.77. The Morgan fingerprint density at radius 1 is 1.03 bits per heavy atom. The molecule has 30 heavy (non-hydrogen) atoms. The van der Waals surface area contributed by atoms with Gasteiger partial charge in [-0.15, -0.1) is 0 Å². The highest BCUT2D eigenvalue weighted by Gasteiger charge is 2.20. The highest BCUT2D eigenvalue weighted by molar-refractivity contribution is 5.90. The maximum atomic E-state index is 14.1. The van der Waals surface area contributed by atoms with Gasteiger partial charge in [0.2, 0.25) is 0 Å². The number of amides is 2. The quantitative estimate of drug-likeness (QED) is 0.581. The minimum absolute atomic E-state index is 0.0849. The fraction of sp³-hybridized carbons (Fsp3) is 0.208. The molecule has 0 radical (unpaired) electrons. The summed E-state index contributed by atoms with van der Waals surface area (Å²) in [6, 6.07) is 15.9. The largest absolute Gasteiger partial charge is 0.393 e. The Morgan fingerprint density at radius 3 is 2.57 bits per heavy atom. The Labute approximate surface area is 173 Å². The number of urea groups is 1. The van der Waals surface area contributed by atoms with Crippen LogP contribution in [0.5, 0.6) is 0 Å². The van der Waals surface area contributed by atoms with Crippen LogP contribution in [0.2, 0.25) is 0 Å². The second-order valence-corrected chi connectivity index (χ2v) is 7.44. The number of carbonyl (C=O) groups is 1. The highest BCUT2D eigenvalue weighted by Crippen LogP contribution is 2.28. The standard InChI is InChI=1S/C24H22F2N2O2/c25-20-7-3-8-21(26)23(20)17-6-1-4-15(12-17)14-27-24(30)28-22-9-2-5-16-10-11-18(29)13-19(16)22/h1-9,12,18,29H,10-11,13-14H2,(H2,27,28,30). The van der Waals surface area contributed by atoms with Crippen LogP contribution in [0.1, 0.15) is 23.1 Å². The first-order valence-electron chi connectivity index (χ1n) is 9.88. The third-order valence-corrected chi connectivity index (χ3v) is 5.34. The number of aliphatic hydroxyl groups is 1. The smallest absolute Gasteiger partial charge is 0.319 e. The molecule has 0 aromatic heterocycles. The molecule has 1 unspecified atom stereocenters. The van der Waals surface area contributed by atoms with E-state index in [4.69, 9.17) is 0 Å². The van der Waals surface area contributed by atoms with Crippen molar-refractivity contribution in [1.29, 1.82) is 0 Å². The van der Waals surface area contributed by atoms with Crippen LogP contribution in [0.25, 0.3) is 11.1 Å². The lowest BCUT2D eigenvalue weighted by molar-refractivity contribution is 0.159. The van der Waals surface area contributed by atoms with Gasteiger partial charge in [-0.1, -0.05) is 36.4 Å². The molecule has 1 aliphatic carbocycles. The Hall–Kier alpha value is -3.25. The van der Waals surface area contributed by atoms with E-state index in [0.29, 0.717) is 17.7 Å². The Balaban J connectivity index is 1.44. The predicted octanol–water partition coefficient (Wildman–Crippen LogP) is 4.80. The number of hydrogen-bond acceptors (Lipinski definition) is 2. The average molecular weight is 408 g/mol. The van der Waals surface area contributed by atoms with E-state index in [0.717, 1.165) is 29.5 Å². The van der Waals surface area contributed by atoms with E-state index in [-0.39, 0.29) is 18.1 Å². The van der Waals surface area contributed by atoms with Crippen LogP contribution in [0.15, 0.2) is 60.7 Å². The second-order valence-electron chi connectivity index (χ2n) is 7.44. The van der Waals surface area contributed by atoms with Gasteiger partial charge in [0.1, 0.15) is 11.6 Å². The van der Waals surface area contributed by atoms with Gasteiger partial charge in [0.05, 0.1) is 11.7 Å². The minimum Gasteiger partial charge on any atom is -0.393 e. The van der Waals surface area contributed by atoms with Crippen LogP contribution in [-0.4, -0.2) is 17.2 Å². The monoisotopic (exact) mass is 408 g/mol. The molecular weight excluding hydrogens is 386 g/mol. The van der Waals surface area contributed by atoms with E-state index in [1.165, 1.54) is 18.2 Å². The molecule has 1 atom stereocenters. The molecule has 4 rings (SSSR count). The van der Waals surface area contributed by atoms with Crippen molar-refractivity contribution in [3.8, 4) is 11.1 Å². The molecule has 6 heteroatoms. The van der Waals surface area contributed by atoms with Crippen molar-refractivity contribution in [1.82, 2.24) is 5.32 Å². The van der Waals surface area contributed by atoms with Crippen LogP contribution >= 0.6 is 0 Å². The van der Waals surface area contributed by atoms with Crippen molar-refractivity contribution >= 4 is 11.7 Å². The number of aliphatic hydroxyl groups excluding tert-OH is 1. The normalized spacial score (nSPS) is 15.4. The summed E-state index contributed by atoms with van der Waals surface area (Å²) in [7, 11) is 0. The second kappa shape index (κ2) is 8.63. The van der Waals surface area contributed by atoms with Crippen molar-refractivity contribution in [3.63, 3.8) is 0 Å². The maximum absolute atomic E-state index is 14.1. The summed E-state index contributed by atoms with van der Waals surface area (Å²) in [6.45, 7) is 0.202. The van der Waals surface area contributed by atoms with Crippen LogP contribution in [0.4, 0.5) is 19.3 Å². The molecular formula is C24H22F2N2O2. The Morgan fingerprint density at radius 2 is 1.77 bits per heavy atom. The van der Waals surface area contributed by atoms with Crippen LogP contribution in [0.3, 0.4) is 0 Å². The molecule has 0 bridgehead atoms. The summed E-state index contributed by atoms with van der Waals surface area (Å²) < 4.78 is 28.1. The van der Waals surface area contributed by atoms with E-state index >= 15 is 0 Å². The lowest BCUT2D eigenvalue weighted by Crippen LogP contribution is -2.29. The zero-order valence-corrected chi connectivity index (χ0v) is 16.3. The van der Waals surface area contributed by atoms with Crippen molar-refractivity contribution in [3.05, 3.63) is 89.0 Å². The van der Waals surface area contributed by atoms with Gasteiger partial charge >= 0.3 is 6.03 Å². The lowest BCUT2D eigenvalue weighted by atomic mass is 9.88. The van der Waals surface area contributed by atoms with Crippen molar-refractivity contribution < 1.29 is 18.7 Å². The third kappa shape index (κ3) is 4.33. The molecule has 0 spiro atoms. The average Bonchev–Trinajstić information content (AvgIpc) is 2.73. The topological polar surface area (TPSA) is 61.4 Å². The number of halogens is 2. The molecule has 154 valence electrons. The number of hydrogen-bond donors (Lipinski definition) is 3. The SMILES string of the molecule is O=C(NCc1cccc(-c2c(F)cccc2F)c1)Nc1cccc2c1CC(O)CC2. The summed E-state index contributed by atoms with van der Waals surface area (Å²) in [5.41, 5.74) is 3.83. The first kappa shape index (κ1) is 20.0. The summed E-state index contributed by atoms with van der Waals surface area (Å²) in [5.74, 6) is -1.26. The molecule has 0 aliphatic heterocycles. The first-order valence-corrected chi connectivity index (χ1v) is 9.88. The van der Waals surface area contributed by atoms with Crippen molar-refractivity contribution in [2.75, 3.05) is 5.32 Å². The van der Waals surface area contributed by atoms with E-state index in [9.17, 15) is 18.7 Å². The van der Waals surface area contributed by atoms with Crippen LogP contribution < -0.4 is 10.6 Å². The van der Waals surface area contributed by atoms with Crippen molar-refractivity contribution in [2.45, 2.75) is 31.9 Å². The fourth-order valence-corrected chi connectivity index (χ4v) is 3.85. The molecule has 0 saturated carbocycles. The van der Waals surface area contributed by atoms with E-state index in [2.05, 4.69) is 10.6 Å². The highest BCUT2D eigenvalue weighted by atomic mass is 19.1. The zero-order valence-electron chi connectivity index (χ0n) is 16.3. The van der Waals surface area contributed by atoms with Crippen LogP contribution in [-0.2, 0) is 19.4 Å². The molecule has 4 nitrogen and oxygen atoms in total.